The van der Waals surface area contributed by atoms with Gasteiger partial charge in [0.25, 0.3) is 0 Å². The fraction of sp³-hybridized carbons (Fsp3) is 0.435. The zero-order chi connectivity index (χ0) is 21.3. The first-order chi connectivity index (χ1) is 14.4. The van der Waals surface area contributed by atoms with E-state index in [1.54, 1.807) is 29.2 Å². The predicted octanol–water partition coefficient (Wildman–Crippen LogP) is 3.01. The van der Waals surface area contributed by atoms with E-state index in [1.807, 2.05) is 44.2 Å². The van der Waals surface area contributed by atoms with Crippen LogP contribution in [0.15, 0.2) is 59.5 Å². The summed E-state index contributed by atoms with van der Waals surface area (Å²) in [7, 11) is -3.75. The largest absolute Gasteiger partial charge is 0.317 e. The molecule has 6 nitrogen and oxygen atoms in total. The van der Waals surface area contributed by atoms with Crippen LogP contribution in [-0.4, -0.2) is 60.7 Å². The van der Waals surface area contributed by atoms with Crippen LogP contribution < -0.4 is 0 Å². The first-order valence-corrected chi connectivity index (χ1v) is 12.0. The van der Waals surface area contributed by atoms with E-state index in [4.69, 9.17) is 0 Å². The molecule has 2 heterocycles. The number of aryl methyl sites for hydroxylation is 1. The molecule has 0 aromatic heterocycles. The zero-order valence-electron chi connectivity index (χ0n) is 17.6. The molecule has 2 unspecified atom stereocenters. The fourth-order valence-electron chi connectivity index (χ4n) is 4.45. The van der Waals surface area contributed by atoms with Crippen LogP contribution in [0.2, 0.25) is 0 Å². The van der Waals surface area contributed by atoms with Gasteiger partial charge in [0.2, 0.25) is 15.9 Å². The molecule has 7 heteroatoms. The van der Waals surface area contributed by atoms with E-state index in [0.717, 1.165) is 37.1 Å². The Bertz CT molecular complexity index is 986. The normalized spacial score (nSPS) is 23.2. The molecular weight excluding hydrogens is 398 g/mol. The Labute approximate surface area is 179 Å². The maximum atomic E-state index is 13.6. The van der Waals surface area contributed by atoms with Gasteiger partial charge in [0.1, 0.15) is 6.17 Å². The van der Waals surface area contributed by atoms with Gasteiger partial charge in [-0.05, 0) is 57.5 Å². The molecule has 2 atom stereocenters. The molecular formula is C23H29N3O3S. The van der Waals surface area contributed by atoms with E-state index in [0.29, 0.717) is 6.54 Å². The smallest absolute Gasteiger partial charge is 0.245 e. The van der Waals surface area contributed by atoms with E-state index in [1.165, 1.54) is 4.31 Å². The number of amides is 1. The van der Waals surface area contributed by atoms with Gasteiger partial charge in [-0.2, -0.15) is 4.31 Å². The lowest BCUT2D eigenvalue weighted by atomic mass is 10.1. The van der Waals surface area contributed by atoms with Crippen LogP contribution in [-0.2, 0) is 14.8 Å². The van der Waals surface area contributed by atoms with Crippen LogP contribution in [0, 0.1) is 6.92 Å². The summed E-state index contributed by atoms with van der Waals surface area (Å²) in [5.74, 6) is -0.0140. The van der Waals surface area contributed by atoms with E-state index < -0.39 is 16.2 Å². The van der Waals surface area contributed by atoms with Crippen LogP contribution in [0.5, 0.6) is 0 Å². The third kappa shape index (κ3) is 4.02. The van der Waals surface area contributed by atoms with E-state index >= 15 is 0 Å². The summed E-state index contributed by atoms with van der Waals surface area (Å²) in [6.45, 7) is 6.33. The van der Waals surface area contributed by atoms with Crippen LogP contribution in [0.1, 0.15) is 37.1 Å². The van der Waals surface area contributed by atoms with Crippen molar-refractivity contribution in [3.8, 4) is 0 Å². The number of nitrogens with zero attached hydrogens (tertiary/aromatic N) is 3. The standard InChI is InChI=1S/C23H29N3O3S/c1-18-10-12-21(13-11-18)30(28,29)25-16-19(2)26(22(27)17-24-14-6-7-15-24)23(25)20-8-4-3-5-9-20/h3-5,8-13,19,23H,6-7,14-17H2,1-2H3. The summed E-state index contributed by atoms with van der Waals surface area (Å²) in [6.07, 6.45) is 1.58. The van der Waals surface area contributed by atoms with Gasteiger partial charge in [0.15, 0.2) is 0 Å². The summed E-state index contributed by atoms with van der Waals surface area (Å²) >= 11 is 0. The van der Waals surface area contributed by atoms with Crippen molar-refractivity contribution in [2.45, 2.75) is 43.8 Å². The fourth-order valence-corrected chi connectivity index (χ4v) is 6.10. The van der Waals surface area contributed by atoms with Crippen molar-refractivity contribution in [1.29, 1.82) is 0 Å². The van der Waals surface area contributed by atoms with Crippen molar-refractivity contribution in [3.05, 3.63) is 65.7 Å². The van der Waals surface area contributed by atoms with Crippen molar-refractivity contribution >= 4 is 15.9 Å². The van der Waals surface area contributed by atoms with Crippen LogP contribution in [0.3, 0.4) is 0 Å². The Kier molecular flexibility index (Phi) is 5.95. The first-order valence-electron chi connectivity index (χ1n) is 10.5. The summed E-state index contributed by atoms with van der Waals surface area (Å²) in [5.41, 5.74) is 1.82. The number of carbonyl (C=O) groups is 1. The minimum absolute atomic E-state index is 0.0140. The number of rotatable bonds is 5. The third-order valence-electron chi connectivity index (χ3n) is 6.03. The Morgan fingerprint density at radius 3 is 2.27 bits per heavy atom. The van der Waals surface area contributed by atoms with Gasteiger partial charge in [0.05, 0.1) is 11.4 Å². The predicted molar refractivity (Wildman–Crippen MR) is 116 cm³/mol. The quantitative estimate of drug-likeness (QED) is 0.736. The average Bonchev–Trinajstić information content (AvgIpc) is 3.36. The number of sulfonamides is 1. The lowest BCUT2D eigenvalue weighted by molar-refractivity contribution is -0.135. The first kappa shape index (κ1) is 21.0. The van der Waals surface area contributed by atoms with Crippen molar-refractivity contribution in [2.75, 3.05) is 26.2 Å². The third-order valence-corrected chi connectivity index (χ3v) is 7.86. The van der Waals surface area contributed by atoms with Crippen LogP contribution >= 0.6 is 0 Å². The van der Waals surface area contributed by atoms with Crippen molar-refractivity contribution < 1.29 is 13.2 Å². The Morgan fingerprint density at radius 1 is 1.00 bits per heavy atom. The molecule has 2 fully saturated rings. The van der Waals surface area contributed by atoms with Crippen molar-refractivity contribution in [2.24, 2.45) is 0 Å². The second-order valence-corrected chi connectivity index (χ2v) is 10.2. The molecule has 2 aliphatic heterocycles. The SMILES string of the molecule is Cc1ccc(S(=O)(=O)N2CC(C)N(C(=O)CN3CCCC3)C2c2ccccc2)cc1. The minimum atomic E-state index is -3.75. The highest BCUT2D eigenvalue weighted by Crippen LogP contribution is 2.38. The van der Waals surface area contributed by atoms with E-state index in [-0.39, 0.29) is 23.4 Å². The molecule has 2 saturated heterocycles. The van der Waals surface area contributed by atoms with Crippen LogP contribution in [0.4, 0.5) is 0 Å². The maximum absolute atomic E-state index is 13.6. The molecule has 2 aromatic rings. The van der Waals surface area contributed by atoms with Gasteiger partial charge in [-0.3, -0.25) is 9.69 Å². The zero-order valence-corrected chi connectivity index (χ0v) is 18.4. The average molecular weight is 428 g/mol. The molecule has 0 aliphatic carbocycles. The molecule has 0 spiro atoms. The number of likely N-dealkylation sites (tertiary alicyclic amines) is 1. The van der Waals surface area contributed by atoms with Gasteiger partial charge in [-0.15, -0.1) is 0 Å². The highest BCUT2D eigenvalue weighted by molar-refractivity contribution is 7.89. The summed E-state index contributed by atoms with van der Waals surface area (Å²) in [5, 5.41) is 0. The van der Waals surface area contributed by atoms with Gasteiger partial charge < -0.3 is 4.90 Å². The number of hydrogen-bond acceptors (Lipinski definition) is 4. The van der Waals surface area contributed by atoms with Crippen LogP contribution in [0.25, 0.3) is 0 Å². The lowest BCUT2D eigenvalue weighted by Crippen LogP contribution is -2.44. The highest BCUT2D eigenvalue weighted by Gasteiger charge is 2.47. The number of hydrogen-bond donors (Lipinski definition) is 0. The Morgan fingerprint density at radius 2 is 1.63 bits per heavy atom. The minimum Gasteiger partial charge on any atom is -0.317 e. The molecule has 4 rings (SSSR count). The molecule has 1 amide bonds. The molecule has 2 aliphatic rings. The highest BCUT2D eigenvalue weighted by atomic mass is 32.2. The molecule has 30 heavy (non-hydrogen) atoms. The van der Waals surface area contributed by atoms with Gasteiger partial charge in [-0.1, -0.05) is 48.0 Å². The maximum Gasteiger partial charge on any atom is 0.245 e. The topological polar surface area (TPSA) is 60.9 Å². The molecule has 0 radical (unpaired) electrons. The van der Waals surface area contributed by atoms with E-state index in [2.05, 4.69) is 4.90 Å². The summed E-state index contributed by atoms with van der Waals surface area (Å²) < 4.78 is 28.6. The molecule has 0 bridgehead atoms. The second kappa shape index (κ2) is 8.49. The van der Waals surface area contributed by atoms with Gasteiger partial charge in [0, 0.05) is 12.6 Å². The summed E-state index contributed by atoms with van der Waals surface area (Å²) in [4.78, 5) is 17.5. The Hall–Kier alpha value is -2.22. The molecule has 160 valence electrons. The van der Waals surface area contributed by atoms with E-state index in [9.17, 15) is 13.2 Å². The monoisotopic (exact) mass is 427 g/mol. The molecule has 2 aromatic carbocycles. The Balaban J connectivity index is 1.71. The molecule has 0 N–H and O–H groups in total. The number of benzene rings is 2. The van der Waals surface area contributed by atoms with Gasteiger partial charge in [-0.25, -0.2) is 8.42 Å². The number of carbonyl (C=O) groups excluding carboxylic acids is 1. The summed E-state index contributed by atoms with van der Waals surface area (Å²) in [6, 6.07) is 16.2. The lowest BCUT2D eigenvalue weighted by Gasteiger charge is -2.32. The molecule has 0 saturated carbocycles. The van der Waals surface area contributed by atoms with Gasteiger partial charge >= 0.3 is 0 Å². The second-order valence-electron chi connectivity index (χ2n) is 8.31. The van der Waals surface area contributed by atoms with Crippen molar-refractivity contribution in [1.82, 2.24) is 14.1 Å². The van der Waals surface area contributed by atoms with Crippen molar-refractivity contribution in [3.63, 3.8) is 0 Å².